The highest BCUT2D eigenvalue weighted by Crippen LogP contribution is 2.44. The van der Waals surface area contributed by atoms with Crippen molar-refractivity contribution in [3.63, 3.8) is 0 Å². The van der Waals surface area contributed by atoms with Gasteiger partial charge in [0.2, 0.25) is 0 Å². The molecular formula is C19H18F4N4O4. The Morgan fingerprint density at radius 3 is 2.65 bits per heavy atom. The fraction of sp³-hybridized carbons (Fsp3) is 0.368. The van der Waals surface area contributed by atoms with Gasteiger partial charge in [0, 0.05) is 6.20 Å². The van der Waals surface area contributed by atoms with Crippen molar-refractivity contribution in [1.29, 1.82) is 0 Å². The van der Waals surface area contributed by atoms with E-state index in [1.165, 1.54) is 17.1 Å². The number of aromatic nitrogens is 3. The summed E-state index contributed by atoms with van der Waals surface area (Å²) < 4.78 is 59.9. The van der Waals surface area contributed by atoms with Crippen LogP contribution in [0.3, 0.4) is 0 Å². The molecule has 5 atom stereocenters. The lowest BCUT2D eigenvalue weighted by Crippen LogP contribution is -2.47. The zero-order chi connectivity index (χ0) is 22.7. The Balaban J connectivity index is 1.71. The summed E-state index contributed by atoms with van der Waals surface area (Å²) in [5, 5.41) is 32.6. The second kappa shape index (κ2) is 7.12. The standard InChI is InChI=1S/C19H18F4N4O4/c1-18(30)13(29)17(27-3-2-11-15(24)25-7-26-16(11)27)31-14(18)12(28)8-4-9(19(21,22)23)6-10(20)5-8/h2-7,12-14,17,28-30H,1H3,(H2,24,25,26)/t12-,13-,14+,17+,18-/m0/s1. The average Bonchev–Trinajstić information content (AvgIpc) is 3.20. The predicted molar refractivity (Wildman–Crippen MR) is 98.8 cm³/mol. The maximum atomic E-state index is 13.8. The van der Waals surface area contributed by atoms with Crippen LogP contribution in [0.5, 0.6) is 0 Å². The monoisotopic (exact) mass is 442 g/mol. The van der Waals surface area contributed by atoms with Gasteiger partial charge in [0.1, 0.15) is 47.5 Å². The molecule has 5 N–H and O–H groups in total. The summed E-state index contributed by atoms with van der Waals surface area (Å²) >= 11 is 0. The largest absolute Gasteiger partial charge is 0.416 e. The van der Waals surface area contributed by atoms with Crippen LogP contribution in [-0.2, 0) is 10.9 Å². The lowest BCUT2D eigenvalue weighted by Gasteiger charge is -2.30. The first-order valence-electron chi connectivity index (χ1n) is 9.10. The fourth-order valence-corrected chi connectivity index (χ4v) is 3.75. The molecule has 1 aliphatic heterocycles. The molecule has 0 amide bonds. The smallest absolute Gasteiger partial charge is 0.386 e. The molecule has 8 nitrogen and oxygen atoms in total. The number of nitrogens with zero attached hydrogens (tertiary/aromatic N) is 3. The van der Waals surface area contributed by atoms with Crippen LogP contribution in [0.4, 0.5) is 23.4 Å². The Kier molecular flexibility index (Phi) is 4.92. The number of halogens is 4. The number of anilines is 1. The summed E-state index contributed by atoms with van der Waals surface area (Å²) in [5.41, 5.74) is 2.18. The van der Waals surface area contributed by atoms with Crippen LogP contribution in [0.2, 0.25) is 0 Å². The van der Waals surface area contributed by atoms with Gasteiger partial charge in [0.05, 0.1) is 10.9 Å². The van der Waals surface area contributed by atoms with Gasteiger partial charge in [0.15, 0.2) is 6.23 Å². The molecule has 1 fully saturated rings. The molecule has 3 heterocycles. The van der Waals surface area contributed by atoms with Crippen molar-refractivity contribution in [2.75, 3.05) is 5.73 Å². The molecule has 166 valence electrons. The van der Waals surface area contributed by atoms with E-state index in [0.29, 0.717) is 17.5 Å². The minimum atomic E-state index is -4.85. The quantitative estimate of drug-likeness (QED) is 0.457. The number of nitrogens with two attached hydrogens (primary N) is 1. The molecule has 3 aromatic rings. The summed E-state index contributed by atoms with van der Waals surface area (Å²) in [6.07, 6.45) is -8.54. The Bertz CT molecular complexity index is 1130. The molecule has 0 radical (unpaired) electrons. The zero-order valence-corrected chi connectivity index (χ0v) is 16.0. The third-order valence-corrected chi connectivity index (χ3v) is 5.42. The topological polar surface area (TPSA) is 127 Å². The second-order valence-electron chi connectivity index (χ2n) is 7.55. The lowest BCUT2D eigenvalue weighted by molar-refractivity contribution is -0.138. The minimum Gasteiger partial charge on any atom is -0.386 e. The van der Waals surface area contributed by atoms with E-state index in [0.717, 1.165) is 6.92 Å². The first-order chi connectivity index (χ1) is 14.4. The molecule has 0 aliphatic carbocycles. The van der Waals surface area contributed by atoms with Crippen LogP contribution in [0.25, 0.3) is 11.0 Å². The molecule has 31 heavy (non-hydrogen) atoms. The van der Waals surface area contributed by atoms with Gasteiger partial charge in [-0.25, -0.2) is 14.4 Å². The normalized spacial score (nSPS) is 27.7. The number of alkyl halides is 3. The van der Waals surface area contributed by atoms with Crippen LogP contribution in [0.1, 0.15) is 30.4 Å². The van der Waals surface area contributed by atoms with E-state index in [2.05, 4.69) is 9.97 Å². The number of hydrogen-bond donors (Lipinski definition) is 4. The maximum Gasteiger partial charge on any atom is 0.416 e. The third kappa shape index (κ3) is 3.51. The Hall–Kier alpha value is -2.80. The van der Waals surface area contributed by atoms with E-state index < -0.39 is 53.3 Å². The van der Waals surface area contributed by atoms with Crippen molar-refractivity contribution >= 4 is 16.9 Å². The molecule has 0 saturated carbocycles. The van der Waals surface area contributed by atoms with Gasteiger partial charge in [0.25, 0.3) is 0 Å². The molecule has 0 unspecified atom stereocenters. The Morgan fingerprint density at radius 1 is 1.26 bits per heavy atom. The van der Waals surface area contributed by atoms with Gasteiger partial charge < -0.3 is 30.4 Å². The third-order valence-electron chi connectivity index (χ3n) is 5.42. The van der Waals surface area contributed by atoms with Crippen LogP contribution in [0, 0.1) is 5.82 Å². The number of nitrogen functional groups attached to an aromatic ring is 1. The van der Waals surface area contributed by atoms with Crippen LogP contribution < -0.4 is 5.73 Å². The van der Waals surface area contributed by atoms with Crippen molar-refractivity contribution in [1.82, 2.24) is 14.5 Å². The molecule has 2 aromatic heterocycles. The number of aliphatic hydroxyl groups excluding tert-OH is 2. The first-order valence-corrected chi connectivity index (χ1v) is 9.10. The van der Waals surface area contributed by atoms with Crippen LogP contribution >= 0.6 is 0 Å². The summed E-state index contributed by atoms with van der Waals surface area (Å²) in [6, 6.07) is 3.11. The molecular weight excluding hydrogens is 424 g/mol. The van der Waals surface area contributed by atoms with Gasteiger partial charge in [-0.05, 0) is 36.8 Å². The van der Waals surface area contributed by atoms with E-state index in [1.54, 1.807) is 6.07 Å². The van der Waals surface area contributed by atoms with Crippen molar-refractivity contribution in [2.24, 2.45) is 0 Å². The second-order valence-corrected chi connectivity index (χ2v) is 7.55. The number of ether oxygens (including phenoxy) is 1. The van der Waals surface area contributed by atoms with E-state index >= 15 is 0 Å². The number of benzene rings is 1. The SMILES string of the molecule is C[C@@]1(O)[C@@H]([C@@H](O)c2cc(F)cc(C(F)(F)F)c2)O[C@@H](n2ccc3c(N)ncnc32)[C@@H]1O. The fourth-order valence-electron chi connectivity index (χ4n) is 3.75. The highest BCUT2D eigenvalue weighted by Gasteiger charge is 2.56. The van der Waals surface area contributed by atoms with Gasteiger partial charge in [-0.3, -0.25) is 0 Å². The first kappa shape index (κ1) is 21.4. The number of aliphatic hydroxyl groups is 3. The molecule has 0 spiro atoms. The van der Waals surface area contributed by atoms with Gasteiger partial charge in [-0.2, -0.15) is 13.2 Å². The summed E-state index contributed by atoms with van der Waals surface area (Å²) in [6.45, 7) is 1.16. The Morgan fingerprint density at radius 2 is 1.97 bits per heavy atom. The van der Waals surface area contributed by atoms with Crippen molar-refractivity contribution in [3.8, 4) is 0 Å². The number of hydrogen-bond acceptors (Lipinski definition) is 7. The van der Waals surface area contributed by atoms with Gasteiger partial charge >= 0.3 is 6.18 Å². The van der Waals surface area contributed by atoms with Gasteiger partial charge in [-0.1, -0.05) is 0 Å². The molecule has 1 aromatic carbocycles. The molecule has 1 saturated heterocycles. The zero-order valence-electron chi connectivity index (χ0n) is 16.0. The number of rotatable bonds is 3. The van der Waals surface area contributed by atoms with Gasteiger partial charge in [-0.15, -0.1) is 0 Å². The number of fused-ring (bicyclic) bond motifs is 1. The summed E-state index contributed by atoms with van der Waals surface area (Å²) in [4.78, 5) is 7.92. The van der Waals surface area contributed by atoms with Crippen LogP contribution in [-0.4, -0.2) is 47.7 Å². The average molecular weight is 442 g/mol. The van der Waals surface area contributed by atoms with E-state index in [4.69, 9.17) is 10.5 Å². The van der Waals surface area contributed by atoms with Crippen LogP contribution in [0.15, 0.2) is 36.8 Å². The van der Waals surface area contributed by atoms with Crippen molar-refractivity contribution < 1.29 is 37.6 Å². The van der Waals surface area contributed by atoms with E-state index in [1.807, 2.05) is 0 Å². The maximum absolute atomic E-state index is 13.8. The lowest BCUT2D eigenvalue weighted by atomic mass is 9.88. The highest BCUT2D eigenvalue weighted by molar-refractivity contribution is 5.86. The molecule has 4 rings (SSSR count). The summed E-state index contributed by atoms with van der Waals surface area (Å²) in [7, 11) is 0. The van der Waals surface area contributed by atoms with E-state index in [-0.39, 0.29) is 17.5 Å². The van der Waals surface area contributed by atoms with E-state index in [9.17, 15) is 32.9 Å². The highest BCUT2D eigenvalue weighted by atomic mass is 19.4. The predicted octanol–water partition coefficient (Wildman–Crippen LogP) is 1.91. The molecule has 12 heteroatoms. The molecule has 0 bridgehead atoms. The van der Waals surface area contributed by atoms with Crippen molar-refractivity contribution in [2.45, 2.75) is 43.2 Å². The summed E-state index contributed by atoms with van der Waals surface area (Å²) in [5.74, 6) is -1.05. The molecule has 1 aliphatic rings. The van der Waals surface area contributed by atoms with Crippen molar-refractivity contribution in [3.05, 3.63) is 53.7 Å². The Labute approximate surface area is 172 Å². The minimum absolute atomic E-state index is 0.166.